The zero-order chi connectivity index (χ0) is 17.9. The molecule has 5 nitrogen and oxygen atoms in total. The number of amides is 1. The molecule has 2 aliphatic heterocycles. The van der Waals surface area contributed by atoms with E-state index in [0.717, 1.165) is 38.9 Å². The smallest absolute Gasteiger partial charge is 0.248 e. The van der Waals surface area contributed by atoms with E-state index in [0.29, 0.717) is 23.0 Å². The Labute approximate surface area is 153 Å². The molecule has 2 aromatic carbocycles. The molecular formula is C21H24N2O3. The Morgan fingerprint density at radius 2 is 1.77 bits per heavy atom. The molecule has 0 aromatic heterocycles. The number of fused-ring (bicyclic) bond motifs is 1. The average molecular weight is 352 g/mol. The molecule has 0 saturated carbocycles. The van der Waals surface area contributed by atoms with Crippen molar-refractivity contribution in [2.24, 2.45) is 11.7 Å². The maximum absolute atomic E-state index is 11.3. The third-order valence-electron chi connectivity index (χ3n) is 5.29. The summed E-state index contributed by atoms with van der Waals surface area (Å²) in [6.07, 6.45) is 2.93. The van der Waals surface area contributed by atoms with Gasteiger partial charge < -0.3 is 20.1 Å². The van der Waals surface area contributed by atoms with E-state index in [-0.39, 0.29) is 6.29 Å². The van der Waals surface area contributed by atoms with Gasteiger partial charge in [0.05, 0.1) is 0 Å². The zero-order valence-electron chi connectivity index (χ0n) is 14.8. The van der Waals surface area contributed by atoms with Crippen LogP contribution in [-0.2, 0) is 6.42 Å². The van der Waals surface area contributed by atoms with Crippen LogP contribution in [0.2, 0.25) is 0 Å². The Morgan fingerprint density at radius 1 is 1.04 bits per heavy atom. The molecule has 0 bridgehead atoms. The Hall–Kier alpha value is -2.53. The summed E-state index contributed by atoms with van der Waals surface area (Å²) < 4.78 is 11.9. The second-order valence-corrected chi connectivity index (χ2v) is 7.04. The van der Waals surface area contributed by atoms with Gasteiger partial charge in [-0.3, -0.25) is 4.79 Å². The van der Waals surface area contributed by atoms with Gasteiger partial charge in [0.1, 0.15) is 0 Å². The fraction of sp³-hybridized carbons (Fsp3) is 0.381. The normalized spacial score (nSPS) is 20.2. The number of rotatable bonds is 5. The number of hydrogen-bond acceptors (Lipinski definition) is 4. The van der Waals surface area contributed by atoms with Crippen molar-refractivity contribution in [2.45, 2.75) is 25.6 Å². The van der Waals surface area contributed by atoms with Crippen LogP contribution in [0.15, 0.2) is 48.5 Å². The third-order valence-corrected chi connectivity index (χ3v) is 5.29. The van der Waals surface area contributed by atoms with Gasteiger partial charge in [0.15, 0.2) is 11.5 Å². The van der Waals surface area contributed by atoms with Crippen LogP contribution >= 0.6 is 0 Å². The van der Waals surface area contributed by atoms with E-state index in [1.807, 2.05) is 0 Å². The van der Waals surface area contributed by atoms with Crippen molar-refractivity contribution in [1.29, 1.82) is 0 Å². The van der Waals surface area contributed by atoms with Crippen LogP contribution in [-0.4, -0.2) is 36.7 Å². The number of likely N-dealkylation sites (tertiary alicyclic amines) is 1. The van der Waals surface area contributed by atoms with E-state index in [1.54, 1.807) is 18.2 Å². The highest BCUT2D eigenvalue weighted by Gasteiger charge is 2.34. The quantitative estimate of drug-likeness (QED) is 0.899. The summed E-state index contributed by atoms with van der Waals surface area (Å²) in [6, 6.07) is 15.7. The molecule has 26 heavy (non-hydrogen) atoms. The minimum absolute atomic E-state index is 0.260. The average Bonchev–Trinajstić information content (AvgIpc) is 3.11. The number of benzene rings is 2. The van der Waals surface area contributed by atoms with Crippen LogP contribution in [0.3, 0.4) is 0 Å². The molecular weight excluding hydrogens is 328 g/mol. The number of nitrogens with zero attached hydrogens (tertiary/aromatic N) is 1. The van der Waals surface area contributed by atoms with Gasteiger partial charge in [-0.25, -0.2) is 0 Å². The number of carbonyl (C=O) groups is 1. The second kappa shape index (κ2) is 7.38. The summed E-state index contributed by atoms with van der Waals surface area (Å²) in [6.45, 7) is 3.21. The first-order chi connectivity index (χ1) is 12.7. The number of piperidine rings is 1. The molecule has 0 spiro atoms. The monoisotopic (exact) mass is 352 g/mol. The predicted octanol–water partition coefficient (Wildman–Crippen LogP) is 2.84. The van der Waals surface area contributed by atoms with Crippen LogP contribution < -0.4 is 15.2 Å². The fourth-order valence-electron chi connectivity index (χ4n) is 3.70. The number of ether oxygens (including phenoxy) is 2. The van der Waals surface area contributed by atoms with Crippen LogP contribution in [0.1, 0.15) is 28.8 Å². The van der Waals surface area contributed by atoms with Crippen molar-refractivity contribution in [3.63, 3.8) is 0 Å². The molecule has 4 rings (SSSR count). The standard InChI is InChI=1S/C21H24N2O3/c22-20(24)17-6-7-18-19(14-17)26-21(25-18)16-9-12-23(13-10-16)11-8-15-4-2-1-3-5-15/h1-7,14,16,21H,8-13H2,(H2,22,24). The molecule has 2 aromatic rings. The van der Waals surface area contributed by atoms with Crippen molar-refractivity contribution < 1.29 is 14.3 Å². The van der Waals surface area contributed by atoms with E-state index in [9.17, 15) is 4.79 Å². The van der Waals surface area contributed by atoms with Gasteiger partial charge in [0.25, 0.3) is 0 Å². The molecule has 2 N–H and O–H groups in total. The Morgan fingerprint density at radius 3 is 2.50 bits per heavy atom. The summed E-state index contributed by atoms with van der Waals surface area (Å²) >= 11 is 0. The highest BCUT2D eigenvalue weighted by atomic mass is 16.7. The molecule has 1 saturated heterocycles. The number of nitrogens with two attached hydrogens (primary N) is 1. The van der Waals surface area contributed by atoms with E-state index in [4.69, 9.17) is 15.2 Å². The first kappa shape index (κ1) is 16.9. The first-order valence-electron chi connectivity index (χ1n) is 9.22. The van der Waals surface area contributed by atoms with Gasteiger partial charge in [-0.15, -0.1) is 0 Å². The molecule has 2 heterocycles. The second-order valence-electron chi connectivity index (χ2n) is 7.04. The van der Waals surface area contributed by atoms with Crippen LogP contribution in [0, 0.1) is 5.92 Å². The summed E-state index contributed by atoms with van der Waals surface area (Å²) in [5.41, 5.74) is 7.16. The molecule has 2 aliphatic rings. The van der Waals surface area contributed by atoms with Crippen molar-refractivity contribution >= 4 is 5.91 Å². The molecule has 0 radical (unpaired) electrons. The van der Waals surface area contributed by atoms with Crippen LogP contribution in [0.4, 0.5) is 0 Å². The number of primary amides is 1. The molecule has 5 heteroatoms. The van der Waals surface area contributed by atoms with Gasteiger partial charge in [0.2, 0.25) is 12.2 Å². The summed E-state index contributed by atoms with van der Waals surface area (Å²) in [5, 5.41) is 0. The molecule has 1 fully saturated rings. The van der Waals surface area contributed by atoms with E-state index in [1.165, 1.54) is 5.56 Å². The Bertz CT molecular complexity index is 770. The molecule has 1 unspecified atom stereocenters. The molecule has 0 aliphatic carbocycles. The fourth-order valence-corrected chi connectivity index (χ4v) is 3.70. The first-order valence-corrected chi connectivity index (χ1v) is 9.22. The van der Waals surface area contributed by atoms with Crippen LogP contribution in [0.25, 0.3) is 0 Å². The molecule has 1 atom stereocenters. The van der Waals surface area contributed by atoms with Gasteiger partial charge >= 0.3 is 0 Å². The third kappa shape index (κ3) is 3.68. The summed E-state index contributed by atoms with van der Waals surface area (Å²) in [7, 11) is 0. The maximum Gasteiger partial charge on any atom is 0.248 e. The van der Waals surface area contributed by atoms with E-state index < -0.39 is 5.91 Å². The van der Waals surface area contributed by atoms with Crippen molar-refractivity contribution in [2.75, 3.05) is 19.6 Å². The van der Waals surface area contributed by atoms with Crippen molar-refractivity contribution in [1.82, 2.24) is 4.90 Å². The Balaban J connectivity index is 1.28. The Kier molecular flexibility index (Phi) is 4.80. The summed E-state index contributed by atoms with van der Waals surface area (Å²) in [5.74, 6) is 1.24. The minimum atomic E-state index is -0.452. The lowest BCUT2D eigenvalue weighted by Crippen LogP contribution is -2.41. The summed E-state index contributed by atoms with van der Waals surface area (Å²) in [4.78, 5) is 13.8. The van der Waals surface area contributed by atoms with Crippen molar-refractivity contribution in [3.05, 3.63) is 59.7 Å². The zero-order valence-corrected chi connectivity index (χ0v) is 14.8. The van der Waals surface area contributed by atoms with Crippen LogP contribution in [0.5, 0.6) is 11.5 Å². The lowest BCUT2D eigenvalue weighted by Gasteiger charge is -2.33. The highest BCUT2D eigenvalue weighted by molar-refractivity contribution is 5.93. The lowest BCUT2D eigenvalue weighted by molar-refractivity contribution is -0.0277. The number of carbonyl (C=O) groups excluding carboxylic acids is 1. The van der Waals surface area contributed by atoms with Gasteiger partial charge in [-0.05, 0) is 56.1 Å². The van der Waals surface area contributed by atoms with E-state index in [2.05, 4.69) is 35.2 Å². The van der Waals surface area contributed by atoms with Gasteiger partial charge in [0, 0.05) is 18.0 Å². The SMILES string of the molecule is NC(=O)c1ccc2c(c1)OC(C1CCN(CCc3ccccc3)CC1)O2. The lowest BCUT2D eigenvalue weighted by atomic mass is 9.96. The molecule has 136 valence electrons. The maximum atomic E-state index is 11.3. The topological polar surface area (TPSA) is 64.8 Å². The predicted molar refractivity (Wildman–Crippen MR) is 99.3 cm³/mol. The van der Waals surface area contributed by atoms with Gasteiger partial charge in [-0.1, -0.05) is 30.3 Å². The van der Waals surface area contributed by atoms with Crippen molar-refractivity contribution in [3.8, 4) is 11.5 Å². The molecule has 1 amide bonds. The van der Waals surface area contributed by atoms with E-state index >= 15 is 0 Å². The minimum Gasteiger partial charge on any atom is -0.451 e. The number of hydrogen-bond donors (Lipinski definition) is 1. The van der Waals surface area contributed by atoms with Gasteiger partial charge in [-0.2, -0.15) is 0 Å². The highest BCUT2D eigenvalue weighted by Crippen LogP contribution is 2.39. The largest absolute Gasteiger partial charge is 0.451 e.